The number of carbonyl (C=O) groups excluding carboxylic acids is 1. The zero-order valence-electron chi connectivity index (χ0n) is 12.9. The molecule has 0 aliphatic heterocycles. The van der Waals surface area contributed by atoms with Gasteiger partial charge in [0.25, 0.3) is 0 Å². The van der Waals surface area contributed by atoms with E-state index >= 15 is 0 Å². The van der Waals surface area contributed by atoms with Gasteiger partial charge in [-0.3, -0.25) is 4.79 Å². The van der Waals surface area contributed by atoms with Gasteiger partial charge in [-0.05, 0) is 24.5 Å². The van der Waals surface area contributed by atoms with Crippen molar-refractivity contribution >= 4 is 17.3 Å². The normalized spacial score (nSPS) is 10.8. The molecule has 0 saturated carbocycles. The van der Waals surface area contributed by atoms with Crippen molar-refractivity contribution < 1.29 is 14.3 Å². The first-order valence-corrected chi connectivity index (χ1v) is 7.39. The van der Waals surface area contributed by atoms with Gasteiger partial charge in [0.15, 0.2) is 0 Å². The summed E-state index contributed by atoms with van der Waals surface area (Å²) in [6.07, 6.45) is 1.10. The molecule has 0 unspecified atom stereocenters. The summed E-state index contributed by atoms with van der Waals surface area (Å²) in [4.78, 5) is 11.7. The lowest BCUT2D eigenvalue weighted by Gasteiger charge is -2.09. The maximum absolute atomic E-state index is 11.7. The first-order chi connectivity index (χ1) is 10.1. The van der Waals surface area contributed by atoms with E-state index in [1.165, 1.54) is 0 Å². The Kier molecular flexibility index (Phi) is 8.47. The van der Waals surface area contributed by atoms with Crippen LogP contribution in [0.15, 0.2) is 24.3 Å². The maximum Gasteiger partial charge on any atom is 0.224 e. The van der Waals surface area contributed by atoms with Gasteiger partial charge in [-0.25, -0.2) is 0 Å². The fourth-order valence-corrected chi connectivity index (χ4v) is 1.70. The fraction of sp³-hybridized carbons (Fsp3) is 0.562. The predicted octanol–water partition coefficient (Wildman–Crippen LogP) is 2.68. The van der Waals surface area contributed by atoms with Crippen LogP contribution in [0.1, 0.15) is 26.7 Å². The number of amides is 1. The number of nitrogen functional groups attached to an aromatic ring is 1. The maximum atomic E-state index is 11.7. The van der Waals surface area contributed by atoms with Crippen molar-refractivity contribution in [3.63, 3.8) is 0 Å². The Morgan fingerprint density at radius 3 is 2.62 bits per heavy atom. The minimum atomic E-state index is -0.0486. The highest BCUT2D eigenvalue weighted by atomic mass is 16.5. The summed E-state index contributed by atoms with van der Waals surface area (Å²) in [5.74, 6) is 0.492. The molecule has 0 fully saturated rings. The first kappa shape index (κ1) is 17.5. The summed E-state index contributed by atoms with van der Waals surface area (Å²) in [5, 5.41) is 2.79. The Balaban J connectivity index is 2.03. The number of nitrogens with one attached hydrogen (secondary N) is 1. The number of hydrogen-bond donors (Lipinski definition) is 2. The molecule has 1 aromatic rings. The van der Waals surface area contributed by atoms with Crippen LogP contribution in [-0.4, -0.2) is 32.3 Å². The Labute approximate surface area is 126 Å². The van der Waals surface area contributed by atoms with Gasteiger partial charge in [0.1, 0.15) is 0 Å². The molecule has 3 N–H and O–H groups in total. The molecule has 1 amide bonds. The van der Waals surface area contributed by atoms with Crippen LogP contribution >= 0.6 is 0 Å². The molecule has 0 saturated heterocycles. The Morgan fingerprint density at radius 1 is 1.19 bits per heavy atom. The van der Waals surface area contributed by atoms with Crippen molar-refractivity contribution in [2.75, 3.05) is 37.5 Å². The van der Waals surface area contributed by atoms with Crippen LogP contribution in [0.2, 0.25) is 0 Å². The minimum Gasteiger partial charge on any atom is -0.397 e. The van der Waals surface area contributed by atoms with Gasteiger partial charge in [-0.15, -0.1) is 0 Å². The van der Waals surface area contributed by atoms with Gasteiger partial charge in [0, 0.05) is 19.6 Å². The molecular formula is C16H26N2O3. The minimum absolute atomic E-state index is 0.0486. The van der Waals surface area contributed by atoms with E-state index < -0.39 is 0 Å². The molecular weight excluding hydrogens is 268 g/mol. The molecule has 5 nitrogen and oxygen atoms in total. The third-order valence-corrected chi connectivity index (χ3v) is 2.75. The number of carbonyl (C=O) groups is 1. The van der Waals surface area contributed by atoms with Gasteiger partial charge in [0.05, 0.1) is 24.6 Å². The summed E-state index contributed by atoms with van der Waals surface area (Å²) in [5.41, 5.74) is 6.99. The molecule has 0 radical (unpaired) electrons. The second kappa shape index (κ2) is 10.2. The van der Waals surface area contributed by atoms with E-state index in [4.69, 9.17) is 15.2 Å². The van der Waals surface area contributed by atoms with E-state index in [2.05, 4.69) is 19.2 Å². The van der Waals surface area contributed by atoms with Crippen LogP contribution in [0.4, 0.5) is 11.4 Å². The molecule has 0 spiro atoms. The number of benzene rings is 1. The molecule has 21 heavy (non-hydrogen) atoms. The molecule has 0 bridgehead atoms. The quantitative estimate of drug-likeness (QED) is 0.514. The molecule has 0 heterocycles. The van der Waals surface area contributed by atoms with E-state index in [1.807, 2.05) is 12.1 Å². The zero-order chi connectivity index (χ0) is 15.5. The van der Waals surface area contributed by atoms with Gasteiger partial charge in [-0.1, -0.05) is 26.0 Å². The zero-order valence-corrected chi connectivity index (χ0v) is 12.9. The summed E-state index contributed by atoms with van der Waals surface area (Å²) < 4.78 is 10.8. The van der Waals surface area contributed by atoms with Gasteiger partial charge < -0.3 is 20.5 Å². The van der Waals surface area contributed by atoms with Crippen molar-refractivity contribution in [1.29, 1.82) is 0 Å². The summed E-state index contributed by atoms with van der Waals surface area (Å²) >= 11 is 0. The summed E-state index contributed by atoms with van der Waals surface area (Å²) in [7, 11) is 0. The first-order valence-electron chi connectivity index (χ1n) is 7.39. The fourth-order valence-electron chi connectivity index (χ4n) is 1.70. The average molecular weight is 294 g/mol. The molecule has 0 aliphatic rings. The number of para-hydroxylation sites is 2. The summed E-state index contributed by atoms with van der Waals surface area (Å²) in [6.45, 7) is 6.70. The SMILES string of the molecule is CC(C)COCCOCCCC(=O)Nc1ccccc1N. The van der Waals surface area contributed by atoms with Crippen LogP contribution in [0.25, 0.3) is 0 Å². The van der Waals surface area contributed by atoms with E-state index in [0.717, 1.165) is 6.61 Å². The second-order valence-corrected chi connectivity index (χ2v) is 5.32. The number of nitrogens with two attached hydrogens (primary N) is 1. The van der Waals surface area contributed by atoms with Crippen LogP contribution in [0.3, 0.4) is 0 Å². The Morgan fingerprint density at radius 2 is 1.90 bits per heavy atom. The van der Waals surface area contributed by atoms with Crippen molar-refractivity contribution in [3.05, 3.63) is 24.3 Å². The molecule has 5 heteroatoms. The van der Waals surface area contributed by atoms with Crippen LogP contribution in [-0.2, 0) is 14.3 Å². The van der Waals surface area contributed by atoms with Crippen LogP contribution < -0.4 is 11.1 Å². The molecule has 118 valence electrons. The van der Waals surface area contributed by atoms with E-state index in [9.17, 15) is 4.79 Å². The van der Waals surface area contributed by atoms with Crippen molar-refractivity contribution in [3.8, 4) is 0 Å². The van der Waals surface area contributed by atoms with Crippen molar-refractivity contribution in [2.24, 2.45) is 5.92 Å². The lowest BCUT2D eigenvalue weighted by molar-refractivity contribution is -0.116. The van der Waals surface area contributed by atoms with E-state index in [-0.39, 0.29) is 5.91 Å². The highest BCUT2D eigenvalue weighted by Gasteiger charge is 2.04. The second-order valence-electron chi connectivity index (χ2n) is 5.32. The summed E-state index contributed by atoms with van der Waals surface area (Å²) in [6, 6.07) is 7.22. The topological polar surface area (TPSA) is 73.6 Å². The standard InChI is InChI=1S/C16H26N2O3/c1-13(2)12-21-11-10-20-9-5-8-16(19)18-15-7-4-3-6-14(15)17/h3-4,6-7,13H,5,8-12,17H2,1-2H3,(H,18,19). The van der Waals surface area contributed by atoms with Crippen molar-refractivity contribution in [2.45, 2.75) is 26.7 Å². The predicted molar refractivity (Wildman–Crippen MR) is 85.2 cm³/mol. The smallest absolute Gasteiger partial charge is 0.224 e. The van der Waals surface area contributed by atoms with Crippen molar-refractivity contribution in [1.82, 2.24) is 0 Å². The van der Waals surface area contributed by atoms with Crippen LogP contribution in [0, 0.1) is 5.92 Å². The highest BCUT2D eigenvalue weighted by molar-refractivity contribution is 5.93. The molecule has 1 rings (SSSR count). The average Bonchev–Trinajstić information content (AvgIpc) is 2.44. The Bertz CT molecular complexity index is 422. The Hall–Kier alpha value is -1.59. The monoisotopic (exact) mass is 294 g/mol. The molecule has 0 atom stereocenters. The van der Waals surface area contributed by atoms with Gasteiger partial charge in [0.2, 0.25) is 5.91 Å². The number of ether oxygens (including phenoxy) is 2. The number of hydrogen-bond acceptors (Lipinski definition) is 4. The lowest BCUT2D eigenvalue weighted by Crippen LogP contribution is -2.14. The number of anilines is 2. The number of rotatable bonds is 10. The molecule has 0 aromatic heterocycles. The highest BCUT2D eigenvalue weighted by Crippen LogP contribution is 2.16. The largest absolute Gasteiger partial charge is 0.397 e. The van der Waals surface area contributed by atoms with E-state index in [0.29, 0.717) is 50.0 Å². The third-order valence-electron chi connectivity index (χ3n) is 2.75. The third kappa shape index (κ3) is 8.32. The lowest BCUT2D eigenvalue weighted by atomic mass is 10.2. The molecule has 1 aromatic carbocycles. The van der Waals surface area contributed by atoms with Crippen LogP contribution in [0.5, 0.6) is 0 Å². The van der Waals surface area contributed by atoms with E-state index in [1.54, 1.807) is 12.1 Å². The van der Waals surface area contributed by atoms with Gasteiger partial charge >= 0.3 is 0 Å². The molecule has 0 aliphatic carbocycles. The van der Waals surface area contributed by atoms with Gasteiger partial charge in [-0.2, -0.15) is 0 Å².